The van der Waals surface area contributed by atoms with E-state index in [4.69, 9.17) is 23.8 Å². The summed E-state index contributed by atoms with van der Waals surface area (Å²) in [5.41, 5.74) is 0.790. The quantitative estimate of drug-likeness (QED) is 0.376. The van der Waals surface area contributed by atoms with Crippen LogP contribution in [0.5, 0.6) is 0 Å². The number of allylic oxidation sites excluding steroid dienone is 4. The van der Waals surface area contributed by atoms with Crippen molar-refractivity contribution in [3.63, 3.8) is 0 Å². The molecule has 2 fully saturated rings. The molecule has 1 aliphatic carbocycles. The van der Waals surface area contributed by atoms with E-state index in [0.717, 1.165) is 5.56 Å². The lowest BCUT2D eigenvalue weighted by atomic mass is 9.91. The van der Waals surface area contributed by atoms with Gasteiger partial charge >= 0.3 is 23.9 Å². The zero-order valence-corrected chi connectivity index (χ0v) is 24.1. The summed E-state index contributed by atoms with van der Waals surface area (Å²) in [5, 5.41) is 14.1. The molecule has 0 aromatic heterocycles. The van der Waals surface area contributed by atoms with Gasteiger partial charge < -0.3 is 34.2 Å². The Labute approximate surface area is 244 Å². The van der Waals surface area contributed by atoms with Gasteiger partial charge in [-0.25, -0.2) is 9.59 Å². The molecule has 2 saturated heterocycles. The number of aliphatic hydroxyl groups is 1. The Kier molecular flexibility index (Phi) is 10.2. The molecule has 7 atom stereocenters. The zero-order valence-electron chi connectivity index (χ0n) is 24.1. The molecule has 228 valence electrons. The van der Waals surface area contributed by atoms with Crippen molar-refractivity contribution in [2.45, 2.75) is 70.6 Å². The SMILES string of the molecule is COC1CC2CC=CC=C2ON(C(=O)NC2COC(=O)[C@H](Cc3ccccc3)[C@@H](OC(=O)C(C)C)[C@H](C)OC2=O)C1O. The molecule has 0 bridgehead atoms. The standard InChI is InChI=1S/C30H38N2O10/c1-17(2)27(34)41-25-18(3)40-29(36)22(16-39-28(35)21(25)14-19-10-6-5-7-11-19)31-30(37)32-26(33)24(38-4)15-20-12-8-9-13-23(20)42-32/h5-11,13,17-18,20-22,24-26,33H,12,14-16H2,1-4H3,(H,31,37)/t18-,20?,21+,22?,24?,25-,26?/m0/s1. The molecule has 4 unspecified atom stereocenters. The van der Waals surface area contributed by atoms with Crippen molar-refractivity contribution in [2.24, 2.45) is 17.8 Å². The molecule has 0 radical (unpaired) electrons. The molecule has 1 aromatic rings. The van der Waals surface area contributed by atoms with Crippen LogP contribution in [0.2, 0.25) is 0 Å². The molecule has 2 aliphatic heterocycles. The molecule has 12 nitrogen and oxygen atoms in total. The van der Waals surface area contributed by atoms with Crippen molar-refractivity contribution in [3.8, 4) is 0 Å². The first-order chi connectivity index (χ1) is 20.1. The maximum atomic E-state index is 13.4. The number of aliphatic hydroxyl groups excluding tert-OH is 1. The number of methoxy groups -OCH3 is 1. The number of carbonyl (C=O) groups excluding carboxylic acids is 4. The number of ether oxygens (including phenoxy) is 4. The van der Waals surface area contributed by atoms with E-state index in [1.165, 1.54) is 14.0 Å². The van der Waals surface area contributed by atoms with E-state index in [1.54, 1.807) is 26.0 Å². The largest absolute Gasteiger partial charge is 0.463 e. The fourth-order valence-corrected chi connectivity index (χ4v) is 5.04. The first-order valence-electron chi connectivity index (χ1n) is 14.1. The highest BCUT2D eigenvalue weighted by molar-refractivity contribution is 5.84. The zero-order chi connectivity index (χ0) is 30.4. The van der Waals surface area contributed by atoms with Crippen molar-refractivity contribution in [1.29, 1.82) is 0 Å². The topological polar surface area (TPSA) is 150 Å². The molecule has 1 aromatic carbocycles. The van der Waals surface area contributed by atoms with Crippen LogP contribution in [0.4, 0.5) is 4.79 Å². The van der Waals surface area contributed by atoms with Crippen LogP contribution >= 0.6 is 0 Å². The average Bonchev–Trinajstić information content (AvgIpc) is 3.10. The number of nitrogens with zero attached hydrogens (tertiary/aromatic N) is 1. The second kappa shape index (κ2) is 13.8. The summed E-state index contributed by atoms with van der Waals surface area (Å²) < 4.78 is 22.2. The van der Waals surface area contributed by atoms with Gasteiger partial charge in [-0.2, -0.15) is 0 Å². The molecule has 4 rings (SSSR count). The molecular weight excluding hydrogens is 548 g/mol. The molecule has 0 saturated carbocycles. The number of hydroxylamine groups is 2. The van der Waals surface area contributed by atoms with Crippen LogP contribution < -0.4 is 5.32 Å². The van der Waals surface area contributed by atoms with Crippen LogP contribution in [-0.2, 0) is 44.6 Å². The Balaban J connectivity index is 1.55. The van der Waals surface area contributed by atoms with Crippen LogP contribution in [-0.4, -0.2) is 78.4 Å². The third-order valence-corrected chi connectivity index (χ3v) is 7.48. The second-order valence-electron chi connectivity index (χ2n) is 10.9. The summed E-state index contributed by atoms with van der Waals surface area (Å²) >= 11 is 0. The van der Waals surface area contributed by atoms with Gasteiger partial charge in [-0.3, -0.25) is 9.59 Å². The predicted molar refractivity (Wildman–Crippen MR) is 147 cm³/mol. The summed E-state index contributed by atoms with van der Waals surface area (Å²) in [7, 11) is 1.42. The predicted octanol–water partition coefficient (Wildman–Crippen LogP) is 2.41. The van der Waals surface area contributed by atoms with E-state index in [9.17, 15) is 24.3 Å². The normalized spacial score (nSPS) is 29.8. The minimum absolute atomic E-state index is 0.115. The number of fused-ring (bicyclic) bond motifs is 1. The molecule has 2 heterocycles. The van der Waals surface area contributed by atoms with Crippen molar-refractivity contribution < 1.29 is 48.1 Å². The third kappa shape index (κ3) is 7.29. The summed E-state index contributed by atoms with van der Waals surface area (Å²) in [6, 6.07) is 6.70. The lowest BCUT2D eigenvalue weighted by Gasteiger charge is -2.30. The van der Waals surface area contributed by atoms with E-state index in [1.807, 2.05) is 36.4 Å². The Morgan fingerprint density at radius 3 is 2.60 bits per heavy atom. The van der Waals surface area contributed by atoms with Crippen LogP contribution in [0, 0.1) is 17.8 Å². The third-order valence-electron chi connectivity index (χ3n) is 7.48. The van der Waals surface area contributed by atoms with Gasteiger partial charge in [-0.15, -0.1) is 5.06 Å². The molecule has 3 aliphatic rings. The Hall–Kier alpha value is -3.90. The molecular formula is C30H38N2O10. The Morgan fingerprint density at radius 1 is 1.17 bits per heavy atom. The van der Waals surface area contributed by atoms with Gasteiger partial charge in [0.25, 0.3) is 0 Å². The van der Waals surface area contributed by atoms with Crippen molar-refractivity contribution in [1.82, 2.24) is 10.4 Å². The fourth-order valence-electron chi connectivity index (χ4n) is 5.04. The van der Waals surface area contributed by atoms with Gasteiger partial charge in [0.15, 0.2) is 18.4 Å². The molecule has 42 heavy (non-hydrogen) atoms. The van der Waals surface area contributed by atoms with Crippen molar-refractivity contribution in [2.75, 3.05) is 13.7 Å². The number of esters is 3. The monoisotopic (exact) mass is 586 g/mol. The van der Waals surface area contributed by atoms with E-state index >= 15 is 0 Å². The number of nitrogens with one attached hydrogen (secondary N) is 1. The summed E-state index contributed by atoms with van der Waals surface area (Å²) in [6.07, 6.45) is 2.17. The Bertz CT molecular complexity index is 1200. The maximum Gasteiger partial charge on any atom is 0.353 e. The summed E-state index contributed by atoms with van der Waals surface area (Å²) in [4.78, 5) is 58.4. The van der Waals surface area contributed by atoms with Gasteiger partial charge in [0, 0.05) is 13.0 Å². The summed E-state index contributed by atoms with van der Waals surface area (Å²) in [6.45, 7) is 4.26. The molecule has 2 N–H and O–H groups in total. The minimum atomic E-state index is -1.49. The number of cyclic esters (lactones) is 2. The summed E-state index contributed by atoms with van der Waals surface area (Å²) in [5.74, 6) is -3.35. The van der Waals surface area contributed by atoms with Crippen LogP contribution in [0.15, 0.2) is 54.3 Å². The number of carbonyl (C=O) groups is 4. The van der Waals surface area contributed by atoms with Crippen LogP contribution in [0.25, 0.3) is 0 Å². The first kappa shape index (κ1) is 31.0. The van der Waals surface area contributed by atoms with Gasteiger partial charge in [0.1, 0.15) is 30.5 Å². The fraction of sp³-hybridized carbons (Fsp3) is 0.533. The first-order valence-corrected chi connectivity index (χ1v) is 14.1. The second-order valence-corrected chi connectivity index (χ2v) is 10.9. The molecule has 2 amide bonds. The minimum Gasteiger partial charge on any atom is -0.463 e. The van der Waals surface area contributed by atoms with Gasteiger partial charge in [-0.05, 0) is 37.8 Å². The molecule has 12 heteroatoms. The van der Waals surface area contributed by atoms with E-state index in [0.29, 0.717) is 23.7 Å². The molecule has 0 spiro atoms. The Morgan fingerprint density at radius 2 is 1.90 bits per heavy atom. The highest BCUT2D eigenvalue weighted by atomic mass is 16.7. The number of benzene rings is 1. The number of hydrogen-bond donors (Lipinski definition) is 2. The number of hydrogen-bond acceptors (Lipinski definition) is 10. The smallest absolute Gasteiger partial charge is 0.353 e. The highest BCUT2D eigenvalue weighted by Crippen LogP contribution is 2.33. The van der Waals surface area contributed by atoms with Crippen LogP contribution in [0.3, 0.4) is 0 Å². The number of rotatable bonds is 6. The number of amides is 2. The maximum absolute atomic E-state index is 13.4. The van der Waals surface area contributed by atoms with Crippen molar-refractivity contribution >= 4 is 23.9 Å². The highest BCUT2D eigenvalue weighted by Gasteiger charge is 2.44. The van der Waals surface area contributed by atoms with Gasteiger partial charge in [-0.1, -0.05) is 56.3 Å². The van der Waals surface area contributed by atoms with Gasteiger partial charge in [0.2, 0.25) is 0 Å². The van der Waals surface area contributed by atoms with Crippen LogP contribution in [0.1, 0.15) is 39.2 Å². The van der Waals surface area contributed by atoms with E-state index < -0.39 is 73.0 Å². The van der Waals surface area contributed by atoms with E-state index in [-0.39, 0.29) is 12.3 Å². The van der Waals surface area contributed by atoms with E-state index in [2.05, 4.69) is 5.32 Å². The van der Waals surface area contributed by atoms with Gasteiger partial charge in [0.05, 0.1) is 5.92 Å². The number of urea groups is 1. The average molecular weight is 587 g/mol. The van der Waals surface area contributed by atoms with Crippen molar-refractivity contribution in [3.05, 3.63) is 59.9 Å². The lowest BCUT2D eigenvalue weighted by Crippen LogP contribution is -2.55. The lowest BCUT2D eigenvalue weighted by molar-refractivity contribution is -0.199.